The van der Waals surface area contributed by atoms with E-state index in [1.807, 2.05) is 24.8 Å². The van der Waals surface area contributed by atoms with Crippen molar-refractivity contribution in [2.75, 3.05) is 31.6 Å². The predicted molar refractivity (Wildman–Crippen MR) is 107 cm³/mol. The first-order chi connectivity index (χ1) is 13.8. The van der Waals surface area contributed by atoms with E-state index < -0.39 is 6.04 Å². The first-order valence-electron chi connectivity index (χ1n) is 10.0. The molecule has 0 bridgehead atoms. The first kappa shape index (κ1) is 21.5. The van der Waals surface area contributed by atoms with Crippen molar-refractivity contribution < 1.29 is 23.5 Å². The summed E-state index contributed by atoms with van der Waals surface area (Å²) in [5.74, 6) is -0.724. The molecule has 2 aliphatic heterocycles. The van der Waals surface area contributed by atoms with Gasteiger partial charge in [0, 0.05) is 46.6 Å². The van der Waals surface area contributed by atoms with Crippen molar-refractivity contribution in [2.24, 2.45) is 0 Å². The highest BCUT2D eigenvalue weighted by atomic mass is 19.1. The molecule has 4 atom stereocenters. The van der Waals surface area contributed by atoms with Crippen LogP contribution in [0.1, 0.15) is 32.8 Å². The summed E-state index contributed by atoms with van der Waals surface area (Å²) in [6.07, 6.45) is 0.403. The fraction of sp³-hybridized carbons (Fsp3) is 0.619. The molecule has 0 unspecified atom stereocenters. The number of carbonyl (C=O) groups is 2. The zero-order valence-corrected chi connectivity index (χ0v) is 17.5. The fourth-order valence-corrected chi connectivity index (χ4v) is 4.16. The molecule has 1 N–H and O–H groups in total. The summed E-state index contributed by atoms with van der Waals surface area (Å²) < 4.78 is 25.7. The van der Waals surface area contributed by atoms with Crippen LogP contribution < -0.4 is 10.2 Å². The lowest BCUT2D eigenvalue weighted by Gasteiger charge is -2.37. The van der Waals surface area contributed by atoms with Gasteiger partial charge in [0.25, 0.3) is 0 Å². The zero-order chi connectivity index (χ0) is 21.1. The van der Waals surface area contributed by atoms with Crippen LogP contribution >= 0.6 is 0 Å². The molecule has 1 aromatic rings. The van der Waals surface area contributed by atoms with Crippen LogP contribution in [0.15, 0.2) is 18.2 Å². The second-order valence-electron chi connectivity index (χ2n) is 7.95. The highest BCUT2D eigenvalue weighted by Crippen LogP contribution is 2.25. The third kappa shape index (κ3) is 5.05. The van der Waals surface area contributed by atoms with E-state index in [0.717, 1.165) is 0 Å². The topological polar surface area (TPSA) is 71.1 Å². The van der Waals surface area contributed by atoms with Gasteiger partial charge in [-0.1, -0.05) is 6.07 Å². The van der Waals surface area contributed by atoms with Gasteiger partial charge in [-0.15, -0.1) is 0 Å². The summed E-state index contributed by atoms with van der Waals surface area (Å²) in [4.78, 5) is 27.9. The molecule has 2 amide bonds. The molecule has 0 aromatic heterocycles. The van der Waals surface area contributed by atoms with Gasteiger partial charge in [0.1, 0.15) is 11.9 Å². The second-order valence-corrected chi connectivity index (χ2v) is 7.95. The first-order valence-corrected chi connectivity index (χ1v) is 10.0. The Morgan fingerprint density at radius 1 is 1.24 bits per heavy atom. The average molecular weight is 407 g/mol. The van der Waals surface area contributed by atoms with Crippen LogP contribution in [0.4, 0.5) is 10.1 Å². The lowest BCUT2D eigenvalue weighted by atomic mass is 10.1. The minimum atomic E-state index is -0.558. The number of hydrogen-bond donors (Lipinski definition) is 1. The molecule has 2 fully saturated rings. The highest BCUT2D eigenvalue weighted by molar-refractivity contribution is 5.87. The number of methoxy groups -OCH3 is 1. The Balaban J connectivity index is 1.61. The van der Waals surface area contributed by atoms with E-state index in [9.17, 15) is 14.0 Å². The van der Waals surface area contributed by atoms with Gasteiger partial charge in [0.15, 0.2) is 0 Å². The molecule has 160 valence electrons. The Morgan fingerprint density at radius 2 is 1.93 bits per heavy atom. The Labute approximate surface area is 171 Å². The Bertz CT molecular complexity index is 749. The standard InChI is InChI=1S/C21H30FN3O4/c1-13-10-24(11-14(2)29-13)19-6-5-16(7-18(19)22)9-23-21(27)20-8-17(28-4)12-25(20)15(3)26/h5-7,13-14,17,20H,8-12H2,1-4H3,(H,23,27)/t13-,14+,17-,20+/m0/s1. The zero-order valence-electron chi connectivity index (χ0n) is 17.5. The third-order valence-corrected chi connectivity index (χ3v) is 5.54. The van der Waals surface area contributed by atoms with E-state index in [1.54, 1.807) is 13.2 Å². The number of amides is 2. The minimum Gasteiger partial charge on any atom is -0.380 e. The van der Waals surface area contributed by atoms with E-state index in [1.165, 1.54) is 17.9 Å². The largest absolute Gasteiger partial charge is 0.380 e. The number of ether oxygens (including phenoxy) is 2. The van der Waals surface area contributed by atoms with Gasteiger partial charge < -0.3 is 24.6 Å². The molecule has 2 saturated heterocycles. The van der Waals surface area contributed by atoms with E-state index in [2.05, 4.69) is 5.32 Å². The number of nitrogens with one attached hydrogen (secondary N) is 1. The molecule has 0 aliphatic carbocycles. The third-order valence-electron chi connectivity index (χ3n) is 5.54. The smallest absolute Gasteiger partial charge is 0.243 e. The Morgan fingerprint density at radius 3 is 2.52 bits per heavy atom. The molecule has 2 heterocycles. The Kier molecular flexibility index (Phi) is 6.74. The van der Waals surface area contributed by atoms with Crippen molar-refractivity contribution >= 4 is 17.5 Å². The number of nitrogens with zero attached hydrogens (tertiary/aromatic N) is 2. The molecular weight excluding hydrogens is 377 g/mol. The molecule has 2 aliphatic rings. The van der Waals surface area contributed by atoms with Crippen LogP contribution in [0.3, 0.4) is 0 Å². The van der Waals surface area contributed by atoms with Gasteiger partial charge in [-0.2, -0.15) is 0 Å². The minimum absolute atomic E-state index is 0.0451. The van der Waals surface area contributed by atoms with Crippen LogP contribution in [0.25, 0.3) is 0 Å². The molecule has 1 aromatic carbocycles. The van der Waals surface area contributed by atoms with Crippen LogP contribution in [-0.4, -0.2) is 67.8 Å². The van der Waals surface area contributed by atoms with E-state index in [-0.39, 0.29) is 42.5 Å². The number of likely N-dealkylation sites (tertiary alicyclic amines) is 1. The molecule has 8 heteroatoms. The summed E-state index contributed by atoms with van der Waals surface area (Å²) in [6, 6.07) is 4.46. The number of morpholine rings is 1. The quantitative estimate of drug-likeness (QED) is 0.804. The lowest BCUT2D eigenvalue weighted by Crippen LogP contribution is -2.46. The van der Waals surface area contributed by atoms with Crippen LogP contribution in [-0.2, 0) is 25.6 Å². The maximum atomic E-state index is 14.7. The lowest BCUT2D eigenvalue weighted by molar-refractivity contribution is -0.137. The van der Waals surface area contributed by atoms with Crippen LogP contribution in [0.2, 0.25) is 0 Å². The van der Waals surface area contributed by atoms with Crippen molar-refractivity contribution in [3.63, 3.8) is 0 Å². The van der Waals surface area contributed by atoms with Crippen molar-refractivity contribution in [1.29, 1.82) is 0 Å². The number of hydrogen-bond acceptors (Lipinski definition) is 5. The predicted octanol–water partition coefficient (Wildman–Crippen LogP) is 1.69. The second kappa shape index (κ2) is 9.09. The summed E-state index contributed by atoms with van der Waals surface area (Å²) in [5, 5.41) is 2.82. The molecule has 0 radical (unpaired) electrons. The number of anilines is 1. The molecule has 3 rings (SSSR count). The number of carbonyl (C=O) groups excluding carboxylic acids is 2. The van der Waals surface area contributed by atoms with Gasteiger partial charge >= 0.3 is 0 Å². The van der Waals surface area contributed by atoms with Crippen molar-refractivity contribution in [1.82, 2.24) is 10.2 Å². The summed E-state index contributed by atoms with van der Waals surface area (Å²) in [6.45, 7) is 7.29. The van der Waals surface area contributed by atoms with Gasteiger partial charge in [-0.05, 0) is 31.5 Å². The monoisotopic (exact) mass is 407 g/mol. The molecule has 29 heavy (non-hydrogen) atoms. The van der Waals surface area contributed by atoms with Gasteiger partial charge in [0.05, 0.1) is 24.0 Å². The molecule has 7 nitrogen and oxygen atoms in total. The Hall–Kier alpha value is -2.19. The van der Waals surface area contributed by atoms with Crippen molar-refractivity contribution in [2.45, 2.75) is 58.1 Å². The normalized spacial score (nSPS) is 27.2. The molecule has 0 saturated carbocycles. The van der Waals surface area contributed by atoms with Crippen LogP contribution in [0, 0.1) is 5.82 Å². The fourth-order valence-electron chi connectivity index (χ4n) is 4.16. The molecule has 0 spiro atoms. The number of rotatable bonds is 5. The van der Waals surface area contributed by atoms with Crippen LogP contribution in [0.5, 0.6) is 0 Å². The molecular formula is C21H30FN3O4. The van der Waals surface area contributed by atoms with Gasteiger partial charge in [-0.25, -0.2) is 4.39 Å². The number of halogens is 1. The van der Waals surface area contributed by atoms with E-state index >= 15 is 0 Å². The van der Waals surface area contributed by atoms with Gasteiger partial charge in [0.2, 0.25) is 11.8 Å². The highest BCUT2D eigenvalue weighted by Gasteiger charge is 2.38. The maximum Gasteiger partial charge on any atom is 0.243 e. The van der Waals surface area contributed by atoms with Crippen molar-refractivity contribution in [3.05, 3.63) is 29.6 Å². The summed E-state index contributed by atoms with van der Waals surface area (Å²) in [7, 11) is 1.57. The number of benzene rings is 1. The van der Waals surface area contributed by atoms with Crippen molar-refractivity contribution in [3.8, 4) is 0 Å². The SMILES string of the molecule is CO[C@H]1C[C@H](C(=O)NCc2ccc(N3C[C@@H](C)O[C@@H](C)C3)c(F)c2)N(C(C)=O)C1. The summed E-state index contributed by atoms with van der Waals surface area (Å²) in [5.41, 5.74) is 1.22. The average Bonchev–Trinajstić information content (AvgIpc) is 3.10. The van der Waals surface area contributed by atoms with E-state index in [0.29, 0.717) is 37.3 Å². The summed E-state index contributed by atoms with van der Waals surface area (Å²) >= 11 is 0. The maximum absolute atomic E-state index is 14.7. The van der Waals surface area contributed by atoms with Gasteiger partial charge in [-0.3, -0.25) is 9.59 Å². The van der Waals surface area contributed by atoms with E-state index in [4.69, 9.17) is 9.47 Å².